The van der Waals surface area contributed by atoms with Gasteiger partial charge in [-0.1, -0.05) is 0 Å². The second-order valence-electron chi connectivity index (χ2n) is 4.44. The van der Waals surface area contributed by atoms with Crippen molar-refractivity contribution in [2.75, 3.05) is 18.0 Å². The van der Waals surface area contributed by atoms with E-state index in [1.165, 1.54) is 6.07 Å². The maximum Gasteiger partial charge on any atom is 0.166 e. The van der Waals surface area contributed by atoms with Crippen molar-refractivity contribution in [3.63, 3.8) is 0 Å². The van der Waals surface area contributed by atoms with Crippen LogP contribution in [0, 0.1) is 5.82 Å². The highest BCUT2D eigenvalue weighted by atomic mass is 79.9. The van der Waals surface area contributed by atoms with Gasteiger partial charge in [0.2, 0.25) is 0 Å². The van der Waals surface area contributed by atoms with Gasteiger partial charge in [0.05, 0.1) is 5.60 Å². The van der Waals surface area contributed by atoms with Crippen molar-refractivity contribution < 1.29 is 9.50 Å². The molecule has 0 radical (unpaired) electrons. The van der Waals surface area contributed by atoms with Crippen LogP contribution in [0.4, 0.5) is 10.2 Å². The summed E-state index contributed by atoms with van der Waals surface area (Å²) in [5.41, 5.74) is -0.623. The fourth-order valence-corrected chi connectivity index (χ4v) is 2.14. The van der Waals surface area contributed by atoms with Crippen molar-refractivity contribution in [3.8, 4) is 0 Å². The minimum absolute atomic E-state index is 0.323. The van der Waals surface area contributed by atoms with Crippen LogP contribution in [0.1, 0.15) is 19.8 Å². The van der Waals surface area contributed by atoms with Crippen LogP contribution < -0.4 is 4.90 Å². The third-order valence-electron chi connectivity index (χ3n) is 2.93. The van der Waals surface area contributed by atoms with Crippen LogP contribution in [0.2, 0.25) is 0 Å². The van der Waals surface area contributed by atoms with Gasteiger partial charge in [-0.2, -0.15) is 0 Å². The number of pyridine rings is 1. The molecule has 1 aromatic rings. The van der Waals surface area contributed by atoms with Crippen LogP contribution in [0.25, 0.3) is 0 Å². The quantitative estimate of drug-likeness (QED) is 0.862. The maximum atomic E-state index is 13.6. The van der Waals surface area contributed by atoms with Crippen molar-refractivity contribution in [3.05, 3.63) is 22.6 Å². The number of anilines is 1. The maximum absolute atomic E-state index is 13.6. The van der Waals surface area contributed by atoms with Gasteiger partial charge < -0.3 is 10.0 Å². The Hall–Kier alpha value is -0.680. The number of halogens is 2. The Morgan fingerprint density at radius 2 is 2.12 bits per heavy atom. The molecule has 0 aromatic carbocycles. The van der Waals surface area contributed by atoms with E-state index in [1.54, 1.807) is 6.20 Å². The van der Waals surface area contributed by atoms with Crippen LogP contribution in [0.15, 0.2) is 16.7 Å². The molecule has 16 heavy (non-hydrogen) atoms. The molecule has 0 aliphatic carbocycles. The van der Waals surface area contributed by atoms with Crippen LogP contribution in [0.3, 0.4) is 0 Å². The molecule has 1 aliphatic heterocycles. The number of aromatic nitrogens is 1. The number of rotatable bonds is 1. The Kier molecular flexibility index (Phi) is 3.17. The van der Waals surface area contributed by atoms with E-state index in [2.05, 4.69) is 20.9 Å². The monoisotopic (exact) mass is 288 g/mol. The number of hydrogen-bond acceptors (Lipinski definition) is 3. The van der Waals surface area contributed by atoms with Crippen molar-refractivity contribution >= 4 is 21.7 Å². The summed E-state index contributed by atoms with van der Waals surface area (Å²) in [6.07, 6.45) is 2.87. The van der Waals surface area contributed by atoms with Gasteiger partial charge in [-0.25, -0.2) is 9.37 Å². The summed E-state index contributed by atoms with van der Waals surface area (Å²) in [5, 5.41) is 9.80. The number of hydrogen-bond donors (Lipinski definition) is 1. The predicted octanol–water partition coefficient (Wildman–Crippen LogP) is 2.33. The Labute approximate surface area is 102 Å². The van der Waals surface area contributed by atoms with Crippen molar-refractivity contribution in [2.24, 2.45) is 0 Å². The molecule has 1 aliphatic rings. The smallest absolute Gasteiger partial charge is 0.166 e. The fourth-order valence-electron chi connectivity index (χ4n) is 1.84. The lowest BCUT2D eigenvalue weighted by Crippen LogP contribution is -2.43. The molecule has 88 valence electrons. The zero-order valence-corrected chi connectivity index (χ0v) is 10.7. The van der Waals surface area contributed by atoms with E-state index in [4.69, 9.17) is 0 Å². The molecule has 1 N–H and O–H groups in total. The third kappa shape index (κ3) is 2.52. The second kappa shape index (κ2) is 4.30. The Morgan fingerprint density at radius 3 is 2.69 bits per heavy atom. The van der Waals surface area contributed by atoms with Gasteiger partial charge in [0.25, 0.3) is 0 Å². The lowest BCUT2D eigenvalue weighted by molar-refractivity contribution is 0.0349. The first-order chi connectivity index (χ1) is 7.48. The normalized spacial score (nSPS) is 19.9. The molecule has 0 unspecified atom stereocenters. The third-order valence-corrected chi connectivity index (χ3v) is 3.36. The number of nitrogens with zero attached hydrogens (tertiary/aromatic N) is 2. The Bertz CT molecular complexity index is 388. The SMILES string of the molecule is CC1(O)CCN(c2ncc(Br)cc2F)CC1. The van der Waals surface area contributed by atoms with Gasteiger partial charge in [0.15, 0.2) is 11.6 Å². The molecule has 0 saturated carbocycles. The summed E-state index contributed by atoms with van der Waals surface area (Å²) in [5.74, 6) is 0.0506. The summed E-state index contributed by atoms with van der Waals surface area (Å²) in [7, 11) is 0. The molecule has 3 nitrogen and oxygen atoms in total. The Morgan fingerprint density at radius 1 is 1.50 bits per heavy atom. The van der Waals surface area contributed by atoms with E-state index in [0.717, 1.165) is 0 Å². The molecule has 2 rings (SSSR count). The standard InChI is InChI=1S/C11H14BrFN2O/c1-11(16)2-4-15(5-3-11)10-9(13)6-8(12)7-14-10/h6-7,16H,2-5H2,1H3. The Balaban J connectivity index is 2.14. The predicted molar refractivity (Wildman–Crippen MR) is 64.0 cm³/mol. The highest BCUT2D eigenvalue weighted by Gasteiger charge is 2.28. The van der Waals surface area contributed by atoms with E-state index in [1.807, 2.05) is 11.8 Å². The van der Waals surface area contributed by atoms with Gasteiger partial charge >= 0.3 is 0 Å². The zero-order valence-electron chi connectivity index (χ0n) is 9.08. The molecule has 2 heterocycles. The molecule has 1 fully saturated rings. The fraction of sp³-hybridized carbons (Fsp3) is 0.545. The lowest BCUT2D eigenvalue weighted by atomic mass is 9.94. The summed E-state index contributed by atoms with van der Waals surface area (Å²) >= 11 is 3.18. The van der Waals surface area contributed by atoms with E-state index in [-0.39, 0.29) is 5.82 Å². The highest BCUT2D eigenvalue weighted by molar-refractivity contribution is 9.10. The van der Waals surface area contributed by atoms with Gasteiger partial charge in [-0.05, 0) is 41.8 Å². The average Bonchev–Trinajstić information content (AvgIpc) is 2.19. The molecule has 1 aromatic heterocycles. The van der Waals surface area contributed by atoms with E-state index < -0.39 is 5.60 Å². The topological polar surface area (TPSA) is 36.4 Å². The van der Waals surface area contributed by atoms with Crippen LogP contribution in [-0.2, 0) is 0 Å². The van der Waals surface area contributed by atoms with Crippen LogP contribution in [0.5, 0.6) is 0 Å². The first-order valence-electron chi connectivity index (χ1n) is 5.26. The average molecular weight is 289 g/mol. The van der Waals surface area contributed by atoms with Gasteiger partial charge in [0.1, 0.15) is 0 Å². The van der Waals surface area contributed by atoms with Crippen molar-refractivity contribution in [2.45, 2.75) is 25.4 Å². The summed E-state index contributed by atoms with van der Waals surface area (Å²) in [6.45, 7) is 3.09. The van der Waals surface area contributed by atoms with Crippen LogP contribution >= 0.6 is 15.9 Å². The first-order valence-corrected chi connectivity index (χ1v) is 6.06. The molecular weight excluding hydrogens is 275 g/mol. The summed E-state index contributed by atoms with van der Waals surface area (Å²) in [4.78, 5) is 5.95. The van der Waals surface area contributed by atoms with Gasteiger partial charge in [-0.3, -0.25) is 0 Å². The molecule has 0 spiro atoms. The molecule has 0 atom stereocenters. The largest absolute Gasteiger partial charge is 0.390 e. The minimum Gasteiger partial charge on any atom is -0.390 e. The number of piperidine rings is 1. The minimum atomic E-state index is -0.623. The molecule has 0 amide bonds. The van der Waals surface area contributed by atoms with Crippen molar-refractivity contribution in [1.29, 1.82) is 0 Å². The zero-order chi connectivity index (χ0) is 11.8. The molecule has 0 bridgehead atoms. The summed E-state index contributed by atoms with van der Waals surface area (Å²) in [6, 6.07) is 1.41. The lowest BCUT2D eigenvalue weighted by Gasteiger charge is -2.36. The number of aliphatic hydroxyl groups is 1. The second-order valence-corrected chi connectivity index (χ2v) is 5.36. The molecule has 5 heteroatoms. The molecular formula is C11H14BrFN2O. The summed E-state index contributed by atoms with van der Waals surface area (Å²) < 4.78 is 14.3. The highest BCUT2D eigenvalue weighted by Crippen LogP contribution is 2.27. The molecule has 1 saturated heterocycles. The van der Waals surface area contributed by atoms with E-state index >= 15 is 0 Å². The van der Waals surface area contributed by atoms with Gasteiger partial charge in [-0.15, -0.1) is 0 Å². The van der Waals surface area contributed by atoms with E-state index in [0.29, 0.717) is 36.2 Å². The van der Waals surface area contributed by atoms with E-state index in [9.17, 15) is 9.50 Å². The van der Waals surface area contributed by atoms with Gasteiger partial charge in [0, 0.05) is 23.8 Å². The first kappa shape index (κ1) is 11.8. The van der Waals surface area contributed by atoms with Crippen molar-refractivity contribution in [1.82, 2.24) is 4.98 Å². The van der Waals surface area contributed by atoms with Crippen LogP contribution in [-0.4, -0.2) is 28.8 Å².